The summed E-state index contributed by atoms with van der Waals surface area (Å²) in [5.74, 6) is 4.41. The van der Waals surface area contributed by atoms with E-state index in [-0.39, 0.29) is 11.8 Å². The Morgan fingerprint density at radius 1 is 1.15 bits per heavy atom. The molecule has 7 heteroatoms. The normalized spacial score (nSPS) is 14.2. The van der Waals surface area contributed by atoms with Crippen LogP contribution in [0, 0.1) is 0 Å². The molecule has 0 aliphatic carbocycles. The molecule has 0 spiro atoms. The second-order valence-corrected chi connectivity index (χ2v) is 6.91. The maximum Gasteiger partial charge on any atom is 0.231 e. The lowest BCUT2D eigenvalue weighted by Crippen LogP contribution is -2.10. The molecule has 0 fully saturated rings. The molecule has 0 N–H and O–H groups in total. The summed E-state index contributed by atoms with van der Waals surface area (Å²) in [5.41, 5.74) is 1.19. The Labute approximate surface area is 152 Å². The molecule has 0 bridgehead atoms. The van der Waals surface area contributed by atoms with Crippen LogP contribution in [0.2, 0.25) is 0 Å². The number of imidazole rings is 1. The van der Waals surface area contributed by atoms with Crippen LogP contribution in [0.4, 0.5) is 0 Å². The van der Waals surface area contributed by atoms with Gasteiger partial charge < -0.3 is 18.6 Å². The van der Waals surface area contributed by atoms with Gasteiger partial charge in [-0.15, -0.1) is 0 Å². The quantitative estimate of drug-likeness (QED) is 0.674. The van der Waals surface area contributed by atoms with Crippen LogP contribution in [0.5, 0.6) is 11.5 Å². The lowest BCUT2D eigenvalue weighted by molar-refractivity contribution is 0.174. The van der Waals surface area contributed by atoms with Crippen LogP contribution < -0.4 is 9.47 Å². The van der Waals surface area contributed by atoms with E-state index in [9.17, 15) is 0 Å². The van der Waals surface area contributed by atoms with E-state index in [4.69, 9.17) is 14.0 Å². The van der Waals surface area contributed by atoms with Crippen molar-refractivity contribution < 1.29 is 14.0 Å². The summed E-state index contributed by atoms with van der Waals surface area (Å²) in [6.07, 6.45) is 4.63. The first-order chi connectivity index (χ1) is 12.6. The van der Waals surface area contributed by atoms with E-state index in [2.05, 4.69) is 32.7 Å². The first kappa shape index (κ1) is 16.6. The van der Waals surface area contributed by atoms with Gasteiger partial charge in [0.1, 0.15) is 5.82 Å². The molecule has 3 heterocycles. The lowest BCUT2D eigenvalue weighted by atomic mass is 10.00. The third-order valence-corrected chi connectivity index (χ3v) is 4.46. The molecule has 0 saturated carbocycles. The van der Waals surface area contributed by atoms with Crippen molar-refractivity contribution in [3.8, 4) is 11.5 Å². The van der Waals surface area contributed by atoms with E-state index in [0.29, 0.717) is 25.1 Å². The number of rotatable bonds is 6. The molecule has 1 aliphatic rings. The van der Waals surface area contributed by atoms with Crippen LogP contribution in [0.3, 0.4) is 0 Å². The number of aromatic nitrogens is 4. The van der Waals surface area contributed by atoms with E-state index < -0.39 is 0 Å². The summed E-state index contributed by atoms with van der Waals surface area (Å²) in [4.78, 5) is 9.00. The van der Waals surface area contributed by atoms with Crippen molar-refractivity contribution in [2.45, 2.75) is 45.6 Å². The number of nitrogens with zero attached hydrogens (tertiary/aromatic N) is 4. The second-order valence-electron chi connectivity index (χ2n) is 6.91. The summed E-state index contributed by atoms with van der Waals surface area (Å²) < 4.78 is 18.2. The SMILES string of the molecule is CC(C)c1nc(Cn2ccnc2[C@H](C)Cc2ccc3c(c2)OCO3)no1. The van der Waals surface area contributed by atoms with Gasteiger partial charge in [0.25, 0.3) is 0 Å². The average Bonchev–Trinajstić information content (AvgIpc) is 3.34. The van der Waals surface area contributed by atoms with Crippen molar-refractivity contribution in [1.82, 2.24) is 19.7 Å². The zero-order chi connectivity index (χ0) is 18.1. The van der Waals surface area contributed by atoms with Gasteiger partial charge in [-0.1, -0.05) is 32.0 Å². The van der Waals surface area contributed by atoms with Crippen LogP contribution in [-0.4, -0.2) is 26.5 Å². The Bertz CT molecular complexity index is 900. The molecule has 4 rings (SSSR count). The van der Waals surface area contributed by atoms with Gasteiger partial charge in [0.2, 0.25) is 12.7 Å². The summed E-state index contributed by atoms with van der Waals surface area (Å²) in [5, 5.41) is 4.07. The van der Waals surface area contributed by atoms with Gasteiger partial charge in [-0.3, -0.25) is 0 Å². The second kappa shape index (κ2) is 6.82. The number of hydrogen-bond acceptors (Lipinski definition) is 6. The molecular formula is C19H22N4O3. The van der Waals surface area contributed by atoms with Crippen LogP contribution in [0.25, 0.3) is 0 Å². The molecule has 3 aromatic rings. The van der Waals surface area contributed by atoms with Gasteiger partial charge in [-0.25, -0.2) is 4.98 Å². The largest absolute Gasteiger partial charge is 0.454 e. The molecule has 1 atom stereocenters. The topological polar surface area (TPSA) is 75.2 Å². The smallest absolute Gasteiger partial charge is 0.231 e. The summed E-state index contributed by atoms with van der Waals surface area (Å²) in [7, 11) is 0. The minimum atomic E-state index is 0.225. The zero-order valence-electron chi connectivity index (χ0n) is 15.2. The van der Waals surface area contributed by atoms with Crippen molar-refractivity contribution in [2.75, 3.05) is 6.79 Å². The molecule has 2 aromatic heterocycles. The Hall–Kier alpha value is -2.83. The van der Waals surface area contributed by atoms with Gasteiger partial charge in [0.15, 0.2) is 17.3 Å². The minimum absolute atomic E-state index is 0.225. The van der Waals surface area contributed by atoms with Crippen molar-refractivity contribution in [2.24, 2.45) is 0 Å². The summed E-state index contributed by atoms with van der Waals surface area (Å²) in [6.45, 7) is 7.08. The standard InChI is InChI=1S/C19H22N4O3/c1-12(2)19-21-17(22-26-19)10-23-7-6-20-18(23)13(3)8-14-4-5-15-16(9-14)25-11-24-15/h4-7,9,12-13H,8,10-11H2,1-3H3/t13-/m1/s1. The van der Waals surface area contributed by atoms with E-state index in [1.165, 1.54) is 5.56 Å². The summed E-state index contributed by atoms with van der Waals surface area (Å²) in [6, 6.07) is 6.08. The van der Waals surface area contributed by atoms with Gasteiger partial charge in [0.05, 0.1) is 6.54 Å². The monoisotopic (exact) mass is 354 g/mol. The Balaban J connectivity index is 1.48. The van der Waals surface area contributed by atoms with Gasteiger partial charge >= 0.3 is 0 Å². The molecule has 0 saturated heterocycles. The lowest BCUT2D eigenvalue weighted by Gasteiger charge is -2.13. The molecule has 1 aliphatic heterocycles. The fourth-order valence-electron chi connectivity index (χ4n) is 3.12. The highest BCUT2D eigenvalue weighted by Crippen LogP contribution is 2.33. The van der Waals surface area contributed by atoms with Gasteiger partial charge in [-0.05, 0) is 24.1 Å². The maximum atomic E-state index is 5.47. The van der Waals surface area contributed by atoms with Crippen LogP contribution in [0.15, 0.2) is 35.1 Å². The average molecular weight is 354 g/mol. The number of ether oxygens (including phenoxy) is 2. The van der Waals surface area contributed by atoms with Crippen LogP contribution in [-0.2, 0) is 13.0 Å². The minimum Gasteiger partial charge on any atom is -0.454 e. The third-order valence-electron chi connectivity index (χ3n) is 4.46. The highest BCUT2D eigenvalue weighted by Gasteiger charge is 2.18. The predicted molar refractivity (Wildman–Crippen MR) is 94.4 cm³/mol. The molecule has 136 valence electrons. The van der Waals surface area contributed by atoms with Gasteiger partial charge in [0, 0.05) is 24.2 Å². The molecule has 7 nitrogen and oxygen atoms in total. The number of benzene rings is 1. The molecule has 1 aromatic carbocycles. The fraction of sp³-hybridized carbons (Fsp3) is 0.421. The summed E-state index contributed by atoms with van der Waals surface area (Å²) >= 11 is 0. The van der Waals surface area contributed by atoms with E-state index in [1.807, 2.05) is 38.4 Å². The molecule has 0 radical (unpaired) electrons. The molecule has 0 amide bonds. The van der Waals surface area contributed by atoms with Crippen LogP contribution >= 0.6 is 0 Å². The zero-order valence-corrected chi connectivity index (χ0v) is 15.2. The highest BCUT2D eigenvalue weighted by atomic mass is 16.7. The van der Waals surface area contributed by atoms with Crippen molar-refractivity contribution >= 4 is 0 Å². The van der Waals surface area contributed by atoms with Crippen molar-refractivity contribution in [3.63, 3.8) is 0 Å². The van der Waals surface area contributed by atoms with Gasteiger partial charge in [-0.2, -0.15) is 4.98 Å². The maximum absolute atomic E-state index is 5.47. The van der Waals surface area contributed by atoms with E-state index >= 15 is 0 Å². The Morgan fingerprint density at radius 3 is 2.81 bits per heavy atom. The highest BCUT2D eigenvalue weighted by molar-refractivity contribution is 5.44. The van der Waals surface area contributed by atoms with Crippen LogP contribution in [0.1, 0.15) is 55.7 Å². The molecular weight excluding hydrogens is 332 g/mol. The third kappa shape index (κ3) is 3.29. The Kier molecular flexibility index (Phi) is 4.36. The first-order valence-corrected chi connectivity index (χ1v) is 8.82. The van der Waals surface area contributed by atoms with E-state index in [0.717, 1.165) is 23.7 Å². The van der Waals surface area contributed by atoms with Crippen molar-refractivity contribution in [1.29, 1.82) is 0 Å². The Morgan fingerprint density at radius 2 is 2.00 bits per heavy atom. The number of fused-ring (bicyclic) bond motifs is 1. The van der Waals surface area contributed by atoms with Crippen molar-refractivity contribution in [3.05, 3.63) is 53.7 Å². The van der Waals surface area contributed by atoms with E-state index in [1.54, 1.807) is 0 Å². The molecule has 0 unspecified atom stereocenters. The fourth-order valence-corrected chi connectivity index (χ4v) is 3.12. The number of hydrogen-bond donors (Lipinski definition) is 0. The predicted octanol–water partition coefficient (Wildman–Crippen LogP) is 3.51. The molecule has 26 heavy (non-hydrogen) atoms. The first-order valence-electron chi connectivity index (χ1n) is 8.82.